The molecule has 0 atom stereocenters. The molecule has 3 aliphatic rings. The zero-order chi connectivity index (χ0) is 17.6. The Morgan fingerprint density at radius 2 is 1.78 bits per heavy atom. The van der Waals surface area contributed by atoms with Gasteiger partial charge < -0.3 is 10.2 Å². The predicted molar refractivity (Wildman–Crippen MR) is 108 cm³/mol. The lowest BCUT2D eigenvalue weighted by Crippen LogP contribution is -2.56. The van der Waals surface area contributed by atoms with Crippen LogP contribution in [0.15, 0.2) is 42.7 Å². The van der Waals surface area contributed by atoms with Gasteiger partial charge in [0.25, 0.3) is 5.91 Å². The van der Waals surface area contributed by atoms with E-state index in [9.17, 15) is 4.79 Å². The molecule has 2 aliphatic heterocycles. The molecular weight excluding hydrogens is 360 g/mol. The van der Waals surface area contributed by atoms with Crippen molar-refractivity contribution >= 4 is 24.0 Å². The number of hydrogen-bond acceptors (Lipinski definition) is 3. The van der Waals surface area contributed by atoms with E-state index in [2.05, 4.69) is 39.6 Å². The van der Waals surface area contributed by atoms with Gasteiger partial charge in [-0.25, -0.2) is 0 Å². The number of amides is 1. The Labute approximate surface area is 166 Å². The summed E-state index contributed by atoms with van der Waals surface area (Å²) < 4.78 is 1.92. The molecular formula is C21H27ClN4O. The molecule has 1 aromatic carbocycles. The van der Waals surface area contributed by atoms with Gasteiger partial charge in [-0.05, 0) is 56.5 Å². The van der Waals surface area contributed by atoms with Gasteiger partial charge in [0.1, 0.15) is 5.54 Å². The van der Waals surface area contributed by atoms with Crippen LogP contribution in [0.1, 0.15) is 44.1 Å². The van der Waals surface area contributed by atoms with Crippen LogP contribution in [0.5, 0.6) is 0 Å². The van der Waals surface area contributed by atoms with Crippen molar-refractivity contribution in [1.29, 1.82) is 0 Å². The van der Waals surface area contributed by atoms with Crippen LogP contribution in [0, 0.1) is 0 Å². The van der Waals surface area contributed by atoms with E-state index < -0.39 is 5.54 Å². The first-order chi connectivity index (χ1) is 12.8. The van der Waals surface area contributed by atoms with Crippen LogP contribution >= 0.6 is 12.4 Å². The molecule has 0 unspecified atom stereocenters. The van der Waals surface area contributed by atoms with Crippen molar-refractivity contribution < 1.29 is 4.79 Å². The van der Waals surface area contributed by atoms with Gasteiger partial charge in [-0.3, -0.25) is 9.48 Å². The standard InChI is InChI=1S/C21H26N4O.ClH/c26-19(21(10-13-22-14-11-21)25-15-5-12-23-25)24-16-20(8-3-4-9-20)17-6-1-2-7-18(17)24;/h1-2,5-7,12,15,22H,3-4,8-11,13-14,16H2;1H. The summed E-state index contributed by atoms with van der Waals surface area (Å²) in [4.78, 5) is 16.1. The molecule has 3 heterocycles. The summed E-state index contributed by atoms with van der Waals surface area (Å²) in [6.45, 7) is 2.54. The van der Waals surface area contributed by atoms with Crippen molar-refractivity contribution in [2.24, 2.45) is 0 Å². The number of carbonyl (C=O) groups excluding carboxylic acids is 1. The minimum atomic E-state index is -0.563. The summed E-state index contributed by atoms with van der Waals surface area (Å²) in [5, 5.41) is 7.89. The lowest BCUT2D eigenvalue weighted by molar-refractivity contribution is -0.129. The number of aromatic nitrogens is 2. The molecule has 27 heavy (non-hydrogen) atoms. The first kappa shape index (κ1) is 18.5. The molecule has 144 valence electrons. The van der Waals surface area contributed by atoms with E-state index in [-0.39, 0.29) is 23.7 Å². The predicted octanol–water partition coefficient (Wildman–Crippen LogP) is 3.24. The first-order valence-corrected chi connectivity index (χ1v) is 9.88. The largest absolute Gasteiger partial charge is 0.317 e. The van der Waals surface area contributed by atoms with Gasteiger partial charge in [-0.15, -0.1) is 12.4 Å². The van der Waals surface area contributed by atoms with E-state index in [4.69, 9.17) is 0 Å². The number of nitrogens with zero attached hydrogens (tertiary/aromatic N) is 3. The highest BCUT2D eigenvalue weighted by atomic mass is 35.5. The quantitative estimate of drug-likeness (QED) is 0.861. The van der Waals surface area contributed by atoms with Gasteiger partial charge >= 0.3 is 0 Å². The van der Waals surface area contributed by atoms with Gasteiger partial charge in [0, 0.05) is 30.0 Å². The minimum Gasteiger partial charge on any atom is -0.317 e. The second-order valence-electron chi connectivity index (χ2n) is 8.13. The van der Waals surface area contributed by atoms with Crippen molar-refractivity contribution in [3.05, 3.63) is 48.3 Å². The zero-order valence-corrected chi connectivity index (χ0v) is 16.4. The van der Waals surface area contributed by atoms with E-state index >= 15 is 0 Å². The number of hydrogen-bond donors (Lipinski definition) is 1. The maximum atomic E-state index is 14.0. The molecule has 1 saturated heterocycles. The highest BCUT2D eigenvalue weighted by Crippen LogP contribution is 2.51. The van der Waals surface area contributed by atoms with Gasteiger partial charge in [0.05, 0.1) is 0 Å². The fourth-order valence-electron chi connectivity index (χ4n) is 5.45. The second kappa shape index (κ2) is 6.95. The summed E-state index contributed by atoms with van der Waals surface area (Å²) >= 11 is 0. The van der Waals surface area contributed by atoms with Gasteiger partial charge in [0.2, 0.25) is 0 Å². The molecule has 6 heteroatoms. The van der Waals surface area contributed by atoms with E-state index in [1.54, 1.807) is 6.20 Å². The van der Waals surface area contributed by atoms with Gasteiger partial charge in [0.15, 0.2) is 0 Å². The number of para-hydroxylation sites is 1. The number of carbonyl (C=O) groups is 1. The Morgan fingerprint density at radius 1 is 1.04 bits per heavy atom. The molecule has 5 rings (SSSR count). The Morgan fingerprint density at radius 3 is 2.48 bits per heavy atom. The topological polar surface area (TPSA) is 50.2 Å². The molecule has 1 N–H and O–H groups in total. The molecule has 1 aromatic heterocycles. The SMILES string of the molecule is Cl.O=C(N1CC2(CCCC2)c2ccccc21)C1(n2cccn2)CCNCC1. The highest BCUT2D eigenvalue weighted by Gasteiger charge is 2.51. The maximum Gasteiger partial charge on any atom is 0.255 e. The van der Waals surface area contributed by atoms with E-state index in [0.29, 0.717) is 0 Å². The van der Waals surface area contributed by atoms with E-state index in [1.807, 2.05) is 16.9 Å². The van der Waals surface area contributed by atoms with E-state index in [0.717, 1.165) is 38.2 Å². The van der Waals surface area contributed by atoms with Crippen molar-refractivity contribution in [2.75, 3.05) is 24.5 Å². The second-order valence-corrected chi connectivity index (χ2v) is 8.13. The fraction of sp³-hybridized carbons (Fsp3) is 0.524. The molecule has 2 fully saturated rings. The third-order valence-corrected chi connectivity index (χ3v) is 6.80. The summed E-state index contributed by atoms with van der Waals surface area (Å²) in [5.41, 5.74) is 2.12. The first-order valence-electron chi connectivity index (χ1n) is 9.88. The van der Waals surface area contributed by atoms with Crippen LogP contribution in [0.2, 0.25) is 0 Å². The molecule has 1 saturated carbocycles. The summed E-state index contributed by atoms with van der Waals surface area (Å²) in [6, 6.07) is 10.5. The number of anilines is 1. The van der Waals surface area contributed by atoms with Crippen LogP contribution in [-0.4, -0.2) is 35.3 Å². The minimum absolute atomic E-state index is 0. The Bertz CT molecular complexity index is 807. The lowest BCUT2D eigenvalue weighted by atomic mass is 9.81. The maximum absolute atomic E-state index is 14.0. The average molecular weight is 387 g/mol. The lowest BCUT2D eigenvalue weighted by Gasteiger charge is -2.39. The third-order valence-electron chi connectivity index (χ3n) is 6.80. The summed E-state index contributed by atoms with van der Waals surface area (Å²) in [7, 11) is 0. The molecule has 1 amide bonds. The van der Waals surface area contributed by atoms with Crippen LogP contribution in [0.4, 0.5) is 5.69 Å². The van der Waals surface area contributed by atoms with Crippen molar-refractivity contribution in [1.82, 2.24) is 15.1 Å². The Kier molecular flexibility index (Phi) is 4.77. The van der Waals surface area contributed by atoms with Crippen LogP contribution in [-0.2, 0) is 15.7 Å². The molecule has 0 bridgehead atoms. The Hall–Kier alpha value is -1.85. The summed E-state index contributed by atoms with van der Waals surface area (Å²) in [5.74, 6) is 0.221. The number of piperidine rings is 1. The zero-order valence-electron chi connectivity index (χ0n) is 15.6. The molecule has 2 aromatic rings. The fourth-order valence-corrected chi connectivity index (χ4v) is 5.45. The molecule has 0 radical (unpaired) electrons. The number of rotatable bonds is 2. The third kappa shape index (κ3) is 2.71. The Balaban J connectivity index is 0.00000180. The van der Waals surface area contributed by atoms with Crippen LogP contribution < -0.4 is 10.2 Å². The number of fused-ring (bicyclic) bond motifs is 2. The normalized spacial score (nSPS) is 22.4. The monoisotopic (exact) mass is 386 g/mol. The average Bonchev–Trinajstić information content (AvgIpc) is 3.44. The van der Waals surface area contributed by atoms with Gasteiger partial charge in [-0.2, -0.15) is 5.10 Å². The van der Waals surface area contributed by atoms with E-state index in [1.165, 1.54) is 31.2 Å². The highest BCUT2D eigenvalue weighted by molar-refractivity contribution is 6.01. The smallest absolute Gasteiger partial charge is 0.255 e. The number of nitrogens with one attached hydrogen (secondary N) is 1. The number of halogens is 1. The summed E-state index contributed by atoms with van der Waals surface area (Å²) in [6.07, 6.45) is 10.3. The van der Waals surface area contributed by atoms with Crippen LogP contribution in [0.25, 0.3) is 0 Å². The molecule has 5 nitrogen and oxygen atoms in total. The van der Waals surface area contributed by atoms with Crippen molar-refractivity contribution in [3.8, 4) is 0 Å². The van der Waals surface area contributed by atoms with Crippen molar-refractivity contribution in [3.63, 3.8) is 0 Å². The van der Waals surface area contributed by atoms with Crippen molar-refractivity contribution in [2.45, 2.75) is 49.5 Å². The number of benzene rings is 1. The van der Waals surface area contributed by atoms with Crippen LogP contribution in [0.3, 0.4) is 0 Å². The van der Waals surface area contributed by atoms with Gasteiger partial charge in [-0.1, -0.05) is 31.0 Å². The molecule has 1 spiro atoms. The molecule has 1 aliphatic carbocycles.